The zero-order chi connectivity index (χ0) is 28.1. The molecule has 0 fully saturated rings. The standard InChI is InChI=1S/C28H23FN6O5/c1-13-16(14(2)36)4-5-18-17(13)6-7-20(18)33-27(38)23-10-22(32-25-19(29)12-31-35(23)25)26(37)30-11-15-3-8-24-21(9-15)34-28(39)40-24/h3-5,8-10,12,20,36H,2,6-7,11H2,1H3,(H,30,37)(H,33,38)(H,34,39)/t20-/m0/s1. The molecule has 3 heterocycles. The van der Waals surface area contributed by atoms with Crippen LogP contribution in [0.4, 0.5) is 4.39 Å². The van der Waals surface area contributed by atoms with Gasteiger partial charge in [-0.25, -0.2) is 18.7 Å². The van der Waals surface area contributed by atoms with E-state index in [9.17, 15) is 23.9 Å². The highest BCUT2D eigenvalue weighted by Crippen LogP contribution is 2.36. The largest absolute Gasteiger partial charge is 0.508 e. The van der Waals surface area contributed by atoms with Crippen molar-refractivity contribution >= 4 is 34.3 Å². The molecule has 4 N–H and O–H groups in total. The second-order valence-electron chi connectivity index (χ2n) is 9.60. The number of amides is 2. The molecule has 6 rings (SSSR count). The number of benzene rings is 2. The monoisotopic (exact) mass is 542 g/mol. The quantitative estimate of drug-likeness (QED) is 0.240. The maximum Gasteiger partial charge on any atom is 0.417 e. The van der Waals surface area contributed by atoms with Crippen LogP contribution in [0.15, 0.2) is 58.4 Å². The second kappa shape index (κ2) is 9.49. The Morgan fingerprint density at radius 1 is 1.25 bits per heavy atom. The van der Waals surface area contributed by atoms with Crippen LogP contribution < -0.4 is 16.4 Å². The Morgan fingerprint density at radius 3 is 2.88 bits per heavy atom. The number of nitrogens with one attached hydrogen (secondary N) is 3. The number of carbonyl (C=O) groups excluding carboxylic acids is 2. The molecule has 202 valence electrons. The van der Waals surface area contributed by atoms with Gasteiger partial charge in [0, 0.05) is 18.2 Å². The highest BCUT2D eigenvalue weighted by molar-refractivity contribution is 5.98. The third kappa shape index (κ3) is 4.28. The van der Waals surface area contributed by atoms with Gasteiger partial charge in [-0.05, 0) is 54.2 Å². The van der Waals surface area contributed by atoms with E-state index in [0.29, 0.717) is 35.1 Å². The zero-order valence-electron chi connectivity index (χ0n) is 21.2. The first-order chi connectivity index (χ1) is 19.2. The molecule has 0 saturated heterocycles. The van der Waals surface area contributed by atoms with E-state index >= 15 is 0 Å². The number of oxazole rings is 1. The van der Waals surface area contributed by atoms with Crippen LogP contribution in [0, 0.1) is 12.7 Å². The number of aliphatic hydroxyl groups excluding tert-OH is 1. The van der Waals surface area contributed by atoms with Crippen molar-refractivity contribution in [2.24, 2.45) is 0 Å². The van der Waals surface area contributed by atoms with E-state index in [1.54, 1.807) is 24.3 Å². The van der Waals surface area contributed by atoms with Gasteiger partial charge in [-0.3, -0.25) is 14.6 Å². The summed E-state index contributed by atoms with van der Waals surface area (Å²) in [5, 5.41) is 19.5. The fourth-order valence-corrected chi connectivity index (χ4v) is 5.17. The van der Waals surface area contributed by atoms with Crippen molar-refractivity contribution < 1.29 is 23.5 Å². The minimum absolute atomic E-state index is 0.0181. The number of fused-ring (bicyclic) bond motifs is 3. The third-order valence-electron chi connectivity index (χ3n) is 7.14. The van der Waals surface area contributed by atoms with Crippen molar-refractivity contribution in [2.75, 3.05) is 0 Å². The molecule has 5 aromatic rings. The second-order valence-corrected chi connectivity index (χ2v) is 9.60. The number of H-pyrrole nitrogens is 1. The Balaban J connectivity index is 1.25. The first kappa shape index (κ1) is 25.0. The van der Waals surface area contributed by atoms with E-state index < -0.39 is 23.4 Å². The number of aromatic amines is 1. The summed E-state index contributed by atoms with van der Waals surface area (Å²) < 4.78 is 20.6. The average molecular weight is 543 g/mol. The fourth-order valence-electron chi connectivity index (χ4n) is 5.17. The van der Waals surface area contributed by atoms with Crippen molar-refractivity contribution in [2.45, 2.75) is 32.4 Å². The number of aromatic nitrogens is 4. The van der Waals surface area contributed by atoms with Gasteiger partial charge < -0.3 is 20.2 Å². The van der Waals surface area contributed by atoms with Crippen LogP contribution in [0.3, 0.4) is 0 Å². The van der Waals surface area contributed by atoms with Gasteiger partial charge >= 0.3 is 5.76 Å². The summed E-state index contributed by atoms with van der Waals surface area (Å²) in [5.41, 5.74) is 4.57. The molecule has 2 aromatic carbocycles. The van der Waals surface area contributed by atoms with E-state index in [4.69, 9.17) is 4.42 Å². The van der Waals surface area contributed by atoms with Crippen molar-refractivity contribution in [3.8, 4) is 0 Å². The molecule has 3 aromatic heterocycles. The molecule has 0 bridgehead atoms. The van der Waals surface area contributed by atoms with Gasteiger partial charge in [0.2, 0.25) is 0 Å². The fraction of sp³-hybridized carbons (Fsp3) is 0.179. The van der Waals surface area contributed by atoms with Crippen LogP contribution in [0.2, 0.25) is 0 Å². The van der Waals surface area contributed by atoms with Crippen LogP contribution in [0.25, 0.3) is 22.5 Å². The Bertz CT molecular complexity index is 1920. The molecule has 0 unspecified atom stereocenters. The summed E-state index contributed by atoms with van der Waals surface area (Å²) in [6, 6.07) is 9.50. The number of halogens is 1. The summed E-state index contributed by atoms with van der Waals surface area (Å²) in [7, 11) is 0. The summed E-state index contributed by atoms with van der Waals surface area (Å²) in [6.07, 6.45) is 2.26. The van der Waals surface area contributed by atoms with E-state index in [0.717, 1.165) is 27.4 Å². The maximum atomic E-state index is 14.5. The first-order valence-corrected chi connectivity index (χ1v) is 12.5. The number of carbonyl (C=O) groups is 2. The lowest BCUT2D eigenvalue weighted by Gasteiger charge is -2.16. The summed E-state index contributed by atoms with van der Waals surface area (Å²) >= 11 is 0. The number of hydrogen-bond acceptors (Lipinski definition) is 7. The normalized spacial score (nSPS) is 14.4. The molecule has 11 nitrogen and oxygen atoms in total. The van der Waals surface area contributed by atoms with Crippen molar-refractivity contribution in [3.63, 3.8) is 0 Å². The lowest BCUT2D eigenvalue weighted by Crippen LogP contribution is -2.30. The lowest BCUT2D eigenvalue weighted by molar-refractivity contribution is 0.0929. The lowest BCUT2D eigenvalue weighted by atomic mass is 9.97. The molecular formula is C28H23FN6O5. The van der Waals surface area contributed by atoms with Gasteiger partial charge in [0.1, 0.15) is 17.1 Å². The van der Waals surface area contributed by atoms with E-state index in [-0.39, 0.29) is 35.4 Å². The van der Waals surface area contributed by atoms with E-state index in [1.807, 2.05) is 13.0 Å². The third-order valence-corrected chi connectivity index (χ3v) is 7.14. The molecule has 1 atom stereocenters. The van der Waals surface area contributed by atoms with Crippen LogP contribution >= 0.6 is 0 Å². The molecule has 0 radical (unpaired) electrons. The molecule has 1 aliphatic carbocycles. The Labute approximate surface area is 225 Å². The zero-order valence-corrected chi connectivity index (χ0v) is 21.2. The molecule has 12 heteroatoms. The van der Waals surface area contributed by atoms with E-state index in [2.05, 4.69) is 32.3 Å². The highest BCUT2D eigenvalue weighted by atomic mass is 19.1. The van der Waals surface area contributed by atoms with Gasteiger partial charge in [0.05, 0.1) is 17.8 Å². The van der Waals surface area contributed by atoms with Gasteiger partial charge in [-0.15, -0.1) is 0 Å². The molecule has 0 aliphatic heterocycles. The van der Waals surface area contributed by atoms with E-state index in [1.165, 1.54) is 6.07 Å². The highest BCUT2D eigenvalue weighted by Gasteiger charge is 2.28. The van der Waals surface area contributed by atoms with Crippen molar-refractivity contribution in [1.82, 2.24) is 30.2 Å². The molecule has 2 amide bonds. The van der Waals surface area contributed by atoms with Gasteiger partial charge in [-0.1, -0.05) is 24.8 Å². The van der Waals surface area contributed by atoms with Crippen LogP contribution in [0.5, 0.6) is 0 Å². The Kier molecular flexibility index (Phi) is 5.94. The van der Waals surface area contributed by atoms with Crippen LogP contribution in [0.1, 0.15) is 61.3 Å². The SMILES string of the molecule is C=C(O)c1ccc2c(c1C)CC[C@@H]2NC(=O)c1cc(C(=O)NCc2ccc3oc(=O)[nH]c3c2)nc2c(F)cnn12. The summed E-state index contributed by atoms with van der Waals surface area (Å²) in [5.74, 6) is -2.56. The van der Waals surface area contributed by atoms with Crippen LogP contribution in [-0.2, 0) is 13.0 Å². The first-order valence-electron chi connectivity index (χ1n) is 12.5. The molecule has 0 saturated carbocycles. The topological polar surface area (TPSA) is 155 Å². The molecule has 1 aliphatic rings. The average Bonchev–Trinajstić information content (AvgIpc) is 3.62. The Morgan fingerprint density at radius 2 is 2.08 bits per heavy atom. The van der Waals surface area contributed by atoms with Gasteiger partial charge in [-0.2, -0.15) is 5.10 Å². The number of rotatable bonds is 6. The summed E-state index contributed by atoms with van der Waals surface area (Å²) in [6.45, 7) is 5.59. The van der Waals surface area contributed by atoms with Gasteiger partial charge in [0.25, 0.3) is 11.8 Å². The molecule has 0 spiro atoms. The predicted octanol–water partition coefficient (Wildman–Crippen LogP) is 3.49. The summed E-state index contributed by atoms with van der Waals surface area (Å²) in [4.78, 5) is 44.5. The van der Waals surface area contributed by atoms with Crippen molar-refractivity contribution in [3.05, 3.63) is 105 Å². The number of nitrogens with zero attached hydrogens (tertiary/aromatic N) is 3. The number of aliphatic hydroxyl groups is 1. The number of hydrogen-bond donors (Lipinski definition) is 4. The van der Waals surface area contributed by atoms with Gasteiger partial charge in [0.15, 0.2) is 17.0 Å². The molecule has 40 heavy (non-hydrogen) atoms. The Hall–Kier alpha value is -5.26. The molecular weight excluding hydrogens is 519 g/mol. The minimum Gasteiger partial charge on any atom is -0.508 e. The maximum absolute atomic E-state index is 14.5. The minimum atomic E-state index is -0.781. The van der Waals surface area contributed by atoms with Crippen molar-refractivity contribution in [1.29, 1.82) is 0 Å². The predicted molar refractivity (Wildman–Crippen MR) is 142 cm³/mol. The van der Waals surface area contributed by atoms with Crippen LogP contribution in [-0.4, -0.2) is 36.5 Å². The smallest absolute Gasteiger partial charge is 0.417 e.